The molecule has 0 atom stereocenters. The second-order valence-electron chi connectivity index (χ2n) is 5.26. The van der Waals surface area contributed by atoms with Crippen molar-refractivity contribution in [1.29, 1.82) is 0 Å². The van der Waals surface area contributed by atoms with Crippen LogP contribution in [0.4, 0.5) is 0 Å². The molecule has 0 aliphatic carbocycles. The second-order valence-corrected chi connectivity index (χ2v) is 5.26. The second kappa shape index (κ2) is 6.66. The number of hydrogen-bond donors (Lipinski definition) is 0. The van der Waals surface area contributed by atoms with Crippen LogP contribution in [0.2, 0.25) is 0 Å². The minimum atomic E-state index is -0.0649. The van der Waals surface area contributed by atoms with E-state index in [0.717, 1.165) is 5.56 Å². The Hall–Kier alpha value is -2.95. The molecular formula is C19H18O5. The topological polar surface area (TPSA) is 54.0 Å². The maximum absolute atomic E-state index is 12.7. The molecule has 1 aliphatic heterocycles. The maximum Gasteiger partial charge on any atom is 0.196 e. The van der Waals surface area contributed by atoms with Crippen molar-refractivity contribution in [1.82, 2.24) is 0 Å². The molecule has 1 heterocycles. The molecule has 2 aromatic carbocycles. The third kappa shape index (κ3) is 2.93. The first kappa shape index (κ1) is 15.9. The van der Waals surface area contributed by atoms with E-state index in [-0.39, 0.29) is 12.4 Å². The van der Waals surface area contributed by atoms with Crippen LogP contribution in [0.1, 0.15) is 15.9 Å². The Kier molecular flexibility index (Phi) is 4.42. The van der Waals surface area contributed by atoms with Gasteiger partial charge in [-0.15, -0.1) is 0 Å². The quantitative estimate of drug-likeness (QED) is 0.806. The average molecular weight is 326 g/mol. The number of rotatable bonds is 4. The number of ketones is 1. The molecular weight excluding hydrogens is 308 g/mol. The highest BCUT2D eigenvalue weighted by atomic mass is 16.5. The predicted molar refractivity (Wildman–Crippen MR) is 90.3 cm³/mol. The molecule has 24 heavy (non-hydrogen) atoms. The molecule has 0 aromatic heterocycles. The smallest absolute Gasteiger partial charge is 0.196 e. The maximum atomic E-state index is 12.7. The Morgan fingerprint density at radius 3 is 2.46 bits per heavy atom. The van der Waals surface area contributed by atoms with Gasteiger partial charge in [0.25, 0.3) is 0 Å². The summed E-state index contributed by atoms with van der Waals surface area (Å²) < 4.78 is 21.4. The van der Waals surface area contributed by atoms with Gasteiger partial charge >= 0.3 is 0 Å². The Bertz CT molecular complexity index is 807. The van der Waals surface area contributed by atoms with Crippen LogP contribution < -0.4 is 18.9 Å². The summed E-state index contributed by atoms with van der Waals surface area (Å²) in [5.74, 6) is 2.38. The van der Waals surface area contributed by atoms with Gasteiger partial charge in [-0.1, -0.05) is 6.07 Å². The van der Waals surface area contributed by atoms with Crippen molar-refractivity contribution in [3.8, 4) is 23.0 Å². The minimum Gasteiger partial charge on any atom is -0.497 e. The largest absolute Gasteiger partial charge is 0.497 e. The van der Waals surface area contributed by atoms with Crippen LogP contribution in [0.15, 0.2) is 42.0 Å². The fourth-order valence-corrected chi connectivity index (χ4v) is 2.58. The molecule has 0 saturated heterocycles. The number of carbonyl (C=O) groups is 1. The number of methoxy groups -OCH3 is 3. The van der Waals surface area contributed by atoms with E-state index in [1.54, 1.807) is 51.7 Å². The van der Waals surface area contributed by atoms with Gasteiger partial charge in [0.15, 0.2) is 17.3 Å². The van der Waals surface area contributed by atoms with Crippen molar-refractivity contribution in [2.45, 2.75) is 0 Å². The van der Waals surface area contributed by atoms with E-state index in [9.17, 15) is 4.79 Å². The summed E-state index contributed by atoms with van der Waals surface area (Å²) in [6, 6.07) is 10.7. The van der Waals surface area contributed by atoms with Crippen LogP contribution in [0.3, 0.4) is 0 Å². The molecule has 3 rings (SSSR count). The Balaban J connectivity index is 1.95. The van der Waals surface area contributed by atoms with Crippen molar-refractivity contribution in [3.05, 3.63) is 53.1 Å². The first-order valence-electron chi connectivity index (χ1n) is 7.44. The Labute approximate surface area is 140 Å². The van der Waals surface area contributed by atoms with Gasteiger partial charge in [0.05, 0.1) is 26.9 Å². The molecule has 5 nitrogen and oxygen atoms in total. The van der Waals surface area contributed by atoms with Crippen LogP contribution in [0.25, 0.3) is 6.08 Å². The zero-order chi connectivity index (χ0) is 17.1. The predicted octanol–water partition coefficient (Wildman–Crippen LogP) is 3.37. The molecule has 0 radical (unpaired) electrons. The molecule has 0 fully saturated rings. The van der Waals surface area contributed by atoms with Gasteiger partial charge in [-0.3, -0.25) is 4.79 Å². The van der Waals surface area contributed by atoms with Crippen molar-refractivity contribution >= 4 is 11.9 Å². The fraction of sp³-hybridized carbons (Fsp3) is 0.211. The Morgan fingerprint density at radius 1 is 0.958 bits per heavy atom. The molecule has 0 saturated carbocycles. The van der Waals surface area contributed by atoms with Crippen molar-refractivity contribution in [3.63, 3.8) is 0 Å². The number of carbonyl (C=O) groups excluding carboxylic acids is 1. The van der Waals surface area contributed by atoms with Crippen LogP contribution in [-0.2, 0) is 0 Å². The number of hydrogen-bond acceptors (Lipinski definition) is 5. The normalized spacial score (nSPS) is 14.8. The van der Waals surface area contributed by atoms with Crippen molar-refractivity contribution < 1.29 is 23.7 Å². The van der Waals surface area contributed by atoms with Gasteiger partial charge in [0.2, 0.25) is 0 Å². The molecule has 124 valence electrons. The van der Waals surface area contributed by atoms with Crippen molar-refractivity contribution in [2.75, 3.05) is 27.9 Å². The van der Waals surface area contributed by atoms with Crippen LogP contribution in [0, 0.1) is 0 Å². The van der Waals surface area contributed by atoms with Crippen molar-refractivity contribution in [2.24, 2.45) is 0 Å². The van der Waals surface area contributed by atoms with E-state index in [1.165, 1.54) is 0 Å². The fourth-order valence-electron chi connectivity index (χ4n) is 2.58. The molecule has 0 unspecified atom stereocenters. The van der Waals surface area contributed by atoms with E-state index < -0.39 is 0 Å². The summed E-state index contributed by atoms with van der Waals surface area (Å²) in [5.41, 5.74) is 1.92. The molecule has 0 spiro atoms. The lowest BCUT2D eigenvalue weighted by molar-refractivity contribution is 0.100. The molecule has 0 N–H and O–H groups in total. The standard InChI is InChI=1S/C19H18O5/c1-21-14-5-7-16-15(10-14)19(20)13(11-24-16)8-12-4-6-17(22-2)18(9-12)23-3/h4-10H,11H2,1-3H3/b13-8+. The summed E-state index contributed by atoms with van der Waals surface area (Å²) in [4.78, 5) is 12.7. The van der Waals surface area contributed by atoms with E-state index in [2.05, 4.69) is 0 Å². The molecule has 0 bridgehead atoms. The number of ether oxygens (including phenoxy) is 4. The summed E-state index contributed by atoms with van der Waals surface area (Å²) in [6.45, 7) is 0.229. The zero-order valence-electron chi connectivity index (χ0n) is 13.8. The highest BCUT2D eigenvalue weighted by Crippen LogP contribution is 2.32. The number of Topliss-reactive ketones (excluding diaryl/α,β-unsaturated/α-hetero) is 1. The first-order valence-corrected chi connectivity index (χ1v) is 7.44. The van der Waals surface area contributed by atoms with Crippen LogP contribution in [-0.4, -0.2) is 33.7 Å². The number of benzene rings is 2. The van der Waals surface area contributed by atoms with Crippen LogP contribution >= 0.6 is 0 Å². The van der Waals surface area contributed by atoms with E-state index in [4.69, 9.17) is 18.9 Å². The summed E-state index contributed by atoms with van der Waals surface area (Å²) in [6.07, 6.45) is 1.80. The van der Waals surface area contributed by atoms with Gasteiger partial charge in [-0.05, 0) is 42.0 Å². The molecule has 0 amide bonds. The highest BCUT2D eigenvalue weighted by molar-refractivity contribution is 6.14. The first-order chi connectivity index (χ1) is 11.7. The molecule has 5 heteroatoms. The molecule has 1 aliphatic rings. The lowest BCUT2D eigenvalue weighted by Crippen LogP contribution is -2.19. The monoisotopic (exact) mass is 326 g/mol. The summed E-state index contributed by atoms with van der Waals surface area (Å²) in [5, 5.41) is 0. The summed E-state index contributed by atoms with van der Waals surface area (Å²) >= 11 is 0. The lowest BCUT2D eigenvalue weighted by atomic mass is 9.98. The minimum absolute atomic E-state index is 0.0649. The third-order valence-corrected chi connectivity index (χ3v) is 3.85. The number of fused-ring (bicyclic) bond motifs is 1. The van der Waals surface area contributed by atoms with Gasteiger partial charge < -0.3 is 18.9 Å². The van der Waals surface area contributed by atoms with Crippen LogP contribution in [0.5, 0.6) is 23.0 Å². The SMILES string of the molecule is COc1ccc2c(c1)C(=O)/C(=C/c1ccc(OC)c(OC)c1)CO2. The van der Waals surface area contributed by atoms with E-state index in [1.807, 2.05) is 12.1 Å². The Morgan fingerprint density at radius 2 is 1.75 bits per heavy atom. The zero-order valence-corrected chi connectivity index (χ0v) is 13.8. The van der Waals surface area contributed by atoms with E-state index in [0.29, 0.717) is 34.1 Å². The van der Waals surface area contributed by atoms with Gasteiger partial charge in [-0.2, -0.15) is 0 Å². The van der Waals surface area contributed by atoms with Gasteiger partial charge in [0, 0.05) is 5.57 Å². The summed E-state index contributed by atoms with van der Waals surface area (Å²) in [7, 11) is 4.72. The van der Waals surface area contributed by atoms with E-state index >= 15 is 0 Å². The van der Waals surface area contributed by atoms with Gasteiger partial charge in [0.1, 0.15) is 18.1 Å². The highest BCUT2D eigenvalue weighted by Gasteiger charge is 2.24. The van der Waals surface area contributed by atoms with Gasteiger partial charge in [-0.25, -0.2) is 0 Å². The lowest BCUT2D eigenvalue weighted by Gasteiger charge is -2.19. The third-order valence-electron chi connectivity index (χ3n) is 3.85. The molecule has 2 aromatic rings. The average Bonchev–Trinajstić information content (AvgIpc) is 2.63.